The molecule has 2 heterocycles. The van der Waals surface area contributed by atoms with Gasteiger partial charge < -0.3 is 4.90 Å². The molecule has 0 spiro atoms. The van der Waals surface area contributed by atoms with Gasteiger partial charge in [-0.25, -0.2) is 22.2 Å². The van der Waals surface area contributed by atoms with Crippen LogP contribution in [0.2, 0.25) is 0 Å². The first-order chi connectivity index (χ1) is 16.9. The second-order valence-electron chi connectivity index (χ2n) is 9.07. The van der Waals surface area contributed by atoms with Crippen molar-refractivity contribution < 1.29 is 17.6 Å². The summed E-state index contributed by atoms with van der Waals surface area (Å²) in [5.41, 5.74) is 3.07. The molecule has 4 aromatic rings. The van der Waals surface area contributed by atoms with Gasteiger partial charge in [0.25, 0.3) is 0 Å². The maximum Gasteiger partial charge on any atom is 0.229 e. The van der Waals surface area contributed by atoms with E-state index in [9.17, 15) is 17.6 Å². The minimum atomic E-state index is -3.47. The summed E-state index contributed by atoms with van der Waals surface area (Å²) in [6, 6.07) is 20.1. The summed E-state index contributed by atoms with van der Waals surface area (Å²) in [5.74, 6) is -0.466. The van der Waals surface area contributed by atoms with Crippen molar-refractivity contribution in [1.29, 1.82) is 0 Å². The van der Waals surface area contributed by atoms with Gasteiger partial charge in [-0.1, -0.05) is 30.3 Å². The van der Waals surface area contributed by atoms with E-state index in [4.69, 9.17) is 0 Å². The highest BCUT2D eigenvalue weighted by molar-refractivity contribution is 7.90. The molecule has 1 aliphatic heterocycles. The average molecular weight is 491 g/mol. The number of aromatic nitrogens is 2. The molecule has 1 aromatic heterocycles. The van der Waals surface area contributed by atoms with Crippen LogP contribution < -0.4 is 9.62 Å². The number of hydrogen-bond acceptors (Lipinski definition) is 4. The van der Waals surface area contributed by atoms with Crippen LogP contribution in [-0.2, 0) is 14.8 Å². The predicted molar refractivity (Wildman–Crippen MR) is 131 cm³/mol. The van der Waals surface area contributed by atoms with Gasteiger partial charge in [0, 0.05) is 17.5 Å². The van der Waals surface area contributed by atoms with E-state index in [0.29, 0.717) is 18.5 Å². The third kappa shape index (κ3) is 4.00. The van der Waals surface area contributed by atoms with Crippen LogP contribution in [0.4, 0.5) is 10.1 Å². The highest BCUT2D eigenvalue weighted by atomic mass is 32.2. The van der Waals surface area contributed by atoms with Crippen molar-refractivity contribution in [3.8, 4) is 5.69 Å². The Morgan fingerprint density at radius 1 is 0.943 bits per heavy atom. The third-order valence-corrected chi connectivity index (χ3v) is 8.62. The van der Waals surface area contributed by atoms with Crippen molar-refractivity contribution in [3.63, 3.8) is 0 Å². The van der Waals surface area contributed by atoms with Crippen LogP contribution in [0.1, 0.15) is 30.9 Å². The van der Waals surface area contributed by atoms with Crippen LogP contribution in [0.5, 0.6) is 0 Å². The highest BCUT2D eigenvalue weighted by Crippen LogP contribution is 2.40. The Bertz CT molecular complexity index is 1520. The first kappa shape index (κ1) is 21.9. The van der Waals surface area contributed by atoms with E-state index in [2.05, 4.69) is 9.82 Å². The summed E-state index contributed by atoms with van der Waals surface area (Å²) in [5, 5.41) is 4.90. The van der Waals surface area contributed by atoms with Crippen molar-refractivity contribution in [1.82, 2.24) is 14.5 Å². The van der Waals surface area contributed by atoms with E-state index in [-0.39, 0.29) is 23.4 Å². The second-order valence-corrected chi connectivity index (χ2v) is 11.1. The van der Waals surface area contributed by atoms with E-state index in [1.807, 2.05) is 48.5 Å². The zero-order valence-electron chi connectivity index (χ0n) is 18.7. The molecule has 9 heteroatoms. The number of sulfonamides is 1. The Balaban J connectivity index is 1.39. The molecule has 1 saturated carbocycles. The van der Waals surface area contributed by atoms with E-state index >= 15 is 0 Å². The zero-order valence-corrected chi connectivity index (χ0v) is 19.5. The first-order valence-electron chi connectivity index (χ1n) is 11.5. The Morgan fingerprint density at radius 2 is 1.66 bits per heavy atom. The molecule has 7 nitrogen and oxygen atoms in total. The van der Waals surface area contributed by atoms with Crippen LogP contribution in [0.3, 0.4) is 0 Å². The van der Waals surface area contributed by atoms with Gasteiger partial charge >= 0.3 is 0 Å². The van der Waals surface area contributed by atoms with Gasteiger partial charge in [0.1, 0.15) is 5.82 Å². The number of carbonyl (C=O) groups excluding carboxylic acids is 1. The Morgan fingerprint density at radius 3 is 2.37 bits per heavy atom. The monoisotopic (exact) mass is 490 g/mol. The molecule has 0 radical (unpaired) electrons. The number of benzene rings is 3. The van der Waals surface area contributed by atoms with Crippen molar-refractivity contribution in [2.45, 2.75) is 36.6 Å². The summed E-state index contributed by atoms with van der Waals surface area (Å²) in [6.45, 7) is 0. The molecule has 1 N–H and O–H groups in total. The standard InChI is InChI=1S/C26H23FN4O3S/c27-19-6-8-20(9-7-19)31-24-13-10-21(14-18(24)16-28-31)30-25(32)15-23(29-35(33,34)22-11-12-22)26(30)17-4-2-1-3-5-17/h1-10,13-14,16,22-23,26,29H,11-12,15H2/t23-,26?/m0/s1. The molecule has 178 valence electrons. The van der Waals surface area contributed by atoms with Gasteiger partial charge in [0.15, 0.2) is 0 Å². The fourth-order valence-corrected chi connectivity index (χ4v) is 6.40. The van der Waals surface area contributed by atoms with Crippen molar-refractivity contribution in [2.75, 3.05) is 4.90 Å². The van der Waals surface area contributed by atoms with E-state index in [0.717, 1.165) is 22.2 Å². The predicted octanol–water partition coefficient (Wildman–Crippen LogP) is 4.09. The van der Waals surface area contributed by atoms with E-state index < -0.39 is 22.1 Å². The molecule has 1 amide bonds. The topological polar surface area (TPSA) is 84.3 Å². The number of nitrogens with zero attached hydrogens (tertiary/aromatic N) is 3. The number of amides is 1. The Kier molecular flexibility index (Phi) is 5.19. The molecule has 2 fully saturated rings. The normalized spacial score (nSPS) is 20.6. The van der Waals surface area contributed by atoms with Crippen LogP contribution >= 0.6 is 0 Å². The molecule has 6 rings (SSSR count). The number of carbonyl (C=O) groups is 1. The van der Waals surface area contributed by atoms with Gasteiger partial charge in [-0.3, -0.25) is 4.79 Å². The summed E-state index contributed by atoms with van der Waals surface area (Å²) >= 11 is 0. The van der Waals surface area contributed by atoms with Gasteiger partial charge in [-0.2, -0.15) is 5.10 Å². The molecule has 35 heavy (non-hydrogen) atoms. The molecular weight excluding hydrogens is 467 g/mol. The SMILES string of the molecule is O=C1C[C@H](NS(=O)(=O)C2CC2)C(c2ccccc2)N1c1ccc2c(cnn2-c2ccc(F)cc2)c1. The lowest BCUT2D eigenvalue weighted by molar-refractivity contribution is -0.117. The number of hydrogen-bond donors (Lipinski definition) is 1. The maximum absolute atomic E-state index is 13.4. The van der Waals surface area contributed by atoms with Gasteiger partial charge in [0.05, 0.1) is 34.7 Å². The van der Waals surface area contributed by atoms with Gasteiger partial charge in [-0.15, -0.1) is 0 Å². The number of halogens is 1. The lowest BCUT2D eigenvalue weighted by atomic mass is 10.0. The smallest absolute Gasteiger partial charge is 0.229 e. The fraction of sp³-hybridized carbons (Fsp3) is 0.231. The van der Waals surface area contributed by atoms with Gasteiger partial charge in [0.2, 0.25) is 15.9 Å². The number of fused-ring (bicyclic) bond motifs is 1. The third-order valence-electron chi connectivity index (χ3n) is 6.64. The molecule has 3 aromatic carbocycles. The molecule has 0 bridgehead atoms. The minimum absolute atomic E-state index is 0.0817. The van der Waals surface area contributed by atoms with Crippen molar-refractivity contribution in [2.24, 2.45) is 0 Å². The van der Waals surface area contributed by atoms with Crippen LogP contribution in [0, 0.1) is 5.82 Å². The second kappa shape index (κ2) is 8.28. The first-order valence-corrected chi connectivity index (χ1v) is 13.1. The molecule has 2 aliphatic rings. The lowest BCUT2D eigenvalue weighted by Gasteiger charge is -2.29. The Labute approximate surface area is 202 Å². The zero-order chi connectivity index (χ0) is 24.2. The summed E-state index contributed by atoms with van der Waals surface area (Å²) in [7, 11) is -3.47. The van der Waals surface area contributed by atoms with E-state index in [1.54, 1.807) is 27.9 Å². The van der Waals surface area contributed by atoms with Crippen LogP contribution in [0.25, 0.3) is 16.6 Å². The number of anilines is 1. The maximum atomic E-state index is 13.4. The average Bonchev–Trinajstić information content (AvgIpc) is 3.57. The van der Waals surface area contributed by atoms with Crippen LogP contribution in [-0.4, -0.2) is 35.4 Å². The van der Waals surface area contributed by atoms with Crippen molar-refractivity contribution in [3.05, 3.63) is 90.4 Å². The molecule has 2 atom stereocenters. The quantitative estimate of drug-likeness (QED) is 0.441. The van der Waals surface area contributed by atoms with Crippen LogP contribution in [0.15, 0.2) is 79.0 Å². The largest absolute Gasteiger partial charge is 0.303 e. The summed E-state index contributed by atoms with van der Waals surface area (Å²) in [6.07, 6.45) is 3.10. The number of nitrogens with one attached hydrogen (secondary N) is 1. The molecular formula is C26H23FN4O3S. The molecule has 1 aliphatic carbocycles. The highest BCUT2D eigenvalue weighted by Gasteiger charge is 2.46. The minimum Gasteiger partial charge on any atom is -0.303 e. The van der Waals surface area contributed by atoms with E-state index in [1.165, 1.54) is 12.1 Å². The van der Waals surface area contributed by atoms with Crippen molar-refractivity contribution >= 4 is 32.5 Å². The molecule has 1 saturated heterocycles. The summed E-state index contributed by atoms with van der Waals surface area (Å²) < 4.78 is 43.4. The number of rotatable bonds is 6. The Hall–Kier alpha value is -3.56. The molecule has 1 unspecified atom stereocenters. The summed E-state index contributed by atoms with van der Waals surface area (Å²) in [4.78, 5) is 15.0. The van der Waals surface area contributed by atoms with Gasteiger partial charge in [-0.05, 0) is 60.9 Å². The fourth-order valence-electron chi connectivity index (χ4n) is 4.82. The lowest BCUT2D eigenvalue weighted by Crippen LogP contribution is -2.41.